The third-order valence-electron chi connectivity index (χ3n) is 3.97. The number of thiocarbonyl (C=S) groups is 1. The summed E-state index contributed by atoms with van der Waals surface area (Å²) in [5.74, 6) is 0.123. The Labute approximate surface area is 107 Å². The summed E-state index contributed by atoms with van der Waals surface area (Å²) in [6.07, 6.45) is 3.77. The third kappa shape index (κ3) is 2.18. The van der Waals surface area contributed by atoms with Gasteiger partial charge in [-0.1, -0.05) is 25.6 Å². The van der Waals surface area contributed by atoms with Gasteiger partial charge >= 0.3 is 0 Å². The largest absolute Gasteiger partial charge is 0.392 e. The molecule has 2 fully saturated rings. The molecule has 1 aliphatic heterocycles. The first-order valence-corrected chi connectivity index (χ1v) is 6.72. The van der Waals surface area contributed by atoms with E-state index in [2.05, 4.69) is 6.92 Å². The van der Waals surface area contributed by atoms with Crippen molar-refractivity contribution in [3.8, 4) is 0 Å². The molecule has 1 unspecified atom stereocenters. The normalized spacial score (nSPS) is 27.4. The van der Waals surface area contributed by atoms with Crippen LogP contribution in [0.2, 0.25) is 0 Å². The molecular formula is C12H20N2O2S. The highest BCUT2D eigenvalue weighted by Crippen LogP contribution is 2.43. The molecule has 1 saturated heterocycles. The van der Waals surface area contributed by atoms with Crippen molar-refractivity contribution in [1.82, 2.24) is 4.90 Å². The van der Waals surface area contributed by atoms with Crippen molar-refractivity contribution in [2.24, 2.45) is 11.1 Å². The maximum Gasteiger partial charge on any atom is 0.235 e. The zero-order valence-electron chi connectivity index (χ0n) is 10.3. The molecule has 0 aromatic carbocycles. The molecule has 0 aromatic heterocycles. The lowest BCUT2D eigenvalue weighted by molar-refractivity contribution is -0.149. The average molecular weight is 256 g/mol. The Morgan fingerprint density at radius 3 is 2.76 bits per heavy atom. The van der Waals surface area contributed by atoms with E-state index in [4.69, 9.17) is 22.7 Å². The number of amides is 1. The van der Waals surface area contributed by atoms with Gasteiger partial charge in [0.1, 0.15) is 0 Å². The van der Waals surface area contributed by atoms with Crippen LogP contribution in [0.5, 0.6) is 0 Å². The van der Waals surface area contributed by atoms with E-state index in [-0.39, 0.29) is 12.0 Å². The maximum absolute atomic E-state index is 12.5. The van der Waals surface area contributed by atoms with Crippen LogP contribution in [0.4, 0.5) is 0 Å². The second-order valence-electron chi connectivity index (χ2n) is 4.95. The molecule has 0 bridgehead atoms. The van der Waals surface area contributed by atoms with E-state index in [1.807, 2.05) is 4.90 Å². The second kappa shape index (κ2) is 4.90. The molecule has 1 aliphatic carbocycles. The average Bonchev–Trinajstić information content (AvgIpc) is 2.27. The summed E-state index contributed by atoms with van der Waals surface area (Å²) >= 11 is 5.08. The lowest BCUT2D eigenvalue weighted by Gasteiger charge is -2.44. The highest BCUT2D eigenvalue weighted by atomic mass is 32.1. The highest BCUT2D eigenvalue weighted by Gasteiger charge is 2.49. The molecule has 96 valence electrons. The van der Waals surface area contributed by atoms with Gasteiger partial charge in [-0.05, 0) is 19.3 Å². The number of hydrogen-bond donors (Lipinski definition) is 1. The topological polar surface area (TPSA) is 55.6 Å². The zero-order chi connectivity index (χ0) is 12.5. The number of hydrogen-bond acceptors (Lipinski definition) is 3. The molecule has 2 N–H and O–H groups in total. The first-order valence-electron chi connectivity index (χ1n) is 6.31. The lowest BCUT2D eigenvalue weighted by atomic mass is 9.67. The number of carbonyl (C=O) groups is 1. The number of rotatable bonds is 3. The van der Waals surface area contributed by atoms with Gasteiger partial charge in [-0.15, -0.1) is 0 Å². The van der Waals surface area contributed by atoms with E-state index in [1.54, 1.807) is 0 Å². The molecule has 1 saturated carbocycles. The molecule has 0 spiro atoms. The monoisotopic (exact) mass is 256 g/mol. The van der Waals surface area contributed by atoms with Crippen molar-refractivity contribution >= 4 is 23.1 Å². The van der Waals surface area contributed by atoms with E-state index in [0.717, 1.165) is 25.7 Å². The van der Waals surface area contributed by atoms with Crippen LogP contribution in [0.1, 0.15) is 32.6 Å². The Hall–Kier alpha value is -0.680. The number of nitrogens with two attached hydrogens (primary N) is 1. The molecule has 0 aromatic rings. The van der Waals surface area contributed by atoms with Crippen molar-refractivity contribution in [3.05, 3.63) is 0 Å². The van der Waals surface area contributed by atoms with E-state index in [9.17, 15) is 4.79 Å². The zero-order valence-corrected chi connectivity index (χ0v) is 11.1. The summed E-state index contributed by atoms with van der Waals surface area (Å²) in [7, 11) is 0. The quantitative estimate of drug-likeness (QED) is 0.768. The van der Waals surface area contributed by atoms with Crippen LogP contribution in [0.15, 0.2) is 0 Å². The summed E-state index contributed by atoms with van der Waals surface area (Å²) in [6, 6.07) is 0. The fourth-order valence-electron chi connectivity index (χ4n) is 2.55. The smallest absolute Gasteiger partial charge is 0.235 e. The van der Waals surface area contributed by atoms with Crippen LogP contribution >= 0.6 is 12.2 Å². The van der Waals surface area contributed by atoms with Gasteiger partial charge in [0, 0.05) is 13.1 Å². The summed E-state index contributed by atoms with van der Waals surface area (Å²) in [5.41, 5.74) is 5.22. The van der Waals surface area contributed by atoms with Gasteiger partial charge in [0.2, 0.25) is 5.91 Å². The van der Waals surface area contributed by atoms with Crippen LogP contribution in [-0.2, 0) is 9.53 Å². The van der Waals surface area contributed by atoms with Crippen LogP contribution < -0.4 is 5.73 Å². The number of morpholine rings is 1. The molecule has 1 atom stereocenters. The second-order valence-corrected chi connectivity index (χ2v) is 5.39. The fourth-order valence-corrected chi connectivity index (χ4v) is 2.84. The standard InChI is InChI=1S/C12H20N2O2S/c1-2-9-8-14(6-7-16-9)11(15)12(10(13)17)4-3-5-12/h9H,2-8H2,1H3,(H2,13,17). The summed E-state index contributed by atoms with van der Waals surface area (Å²) in [6.45, 7) is 4.04. The van der Waals surface area contributed by atoms with E-state index >= 15 is 0 Å². The van der Waals surface area contributed by atoms with Gasteiger partial charge < -0.3 is 15.4 Å². The molecule has 2 rings (SSSR count). The Balaban J connectivity index is 2.06. The molecule has 2 aliphatic rings. The van der Waals surface area contributed by atoms with E-state index in [0.29, 0.717) is 24.7 Å². The minimum Gasteiger partial charge on any atom is -0.392 e. The third-order valence-corrected chi connectivity index (χ3v) is 4.36. The first kappa shape index (κ1) is 12.8. The number of carbonyl (C=O) groups excluding carboxylic acids is 1. The molecule has 17 heavy (non-hydrogen) atoms. The van der Waals surface area contributed by atoms with Gasteiger partial charge in [0.25, 0.3) is 0 Å². The minimum atomic E-state index is -0.537. The van der Waals surface area contributed by atoms with Gasteiger partial charge in [-0.3, -0.25) is 4.79 Å². The predicted octanol–water partition coefficient (Wildman–Crippen LogP) is 1.08. The summed E-state index contributed by atoms with van der Waals surface area (Å²) in [4.78, 5) is 14.8. The minimum absolute atomic E-state index is 0.123. The number of ether oxygens (including phenoxy) is 1. The molecule has 0 radical (unpaired) electrons. The molecule has 5 heteroatoms. The number of nitrogens with zero attached hydrogens (tertiary/aromatic N) is 1. The fraction of sp³-hybridized carbons (Fsp3) is 0.833. The van der Waals surface area contributed by atoms with Gasteiger partial charge in [-0.25, -0.2) is 0 Å². The predicted molar refractivity (Wildman–Crippen MR) is 69.7 cm³/mol. The maximum atomic E-state index is 12.5. The molecule has 1 amide bonds. The summed E-state index contributed by atoms with van der Waals surface area (Å²) < 4.78 is 5.57. The van der Waals surface area contributed by atoms with Crippen molar-refractivity contribution in [3.63, 3.8) is 0 Å². The van der Waals surface area contributed by atoms with Crippen molar-refractivity contribution in [1.29, 1.82) is 0 Å². The van der Waals surface area contributed by atoms with Gasteiger partial charge in [0.05, 0.1) is 23.1 Å². The Bertz CT molecular complexity index is 328. The Morgan fingerprint density at radius 1 is 1.59 bits per heavy atom. The first-order chi connectivity index (χ1) is 8.10. The summed E-state index contributed by atoms with van der Waals surface area (Å²) in [5, 5.41) is 0. The van der Waals surface area contributed by atoms with Crippen molar-refractivity contribution in [2.45, 2.75) is 38.7 Å². The van der Waals surface area contributed by atoms with Crippen molar-refractivity contribution < 1.29 is 9.53 Å². The van der Waals surface area contributed by atoms with Gasteiger partial charge in [0.15, 0.2) is 0 Å². The highest BCUT2D eigenvalue weighted by molar-refractivity contribution is 7.80. The van der Waals surface area contributed by atoms with Crippen LogP contribution in [0.25, 0.3) is 0 Å². The van der Waals surface area contributed by atoms with Crippen molar-refractivity contribution in [2.75, 3.05) is 19.7 Å². The Morgan fingerprint density at radius 2 is 2.29 bits per heavy atom. The Kier molecular flexibility index (Phi) is 3.68. The lowest BCUT2D eigenvalue weighted by Crippen LogP contribution is -2.57. The van der Waals surface area contributed by atoms with E-state index in [1.165, 1.54) is 0 Å². The van der Waals surface area contributed by atoms with Crippen LogP contribution in [0, 0.1) is 5.41 Å². The van der Waals surface area contributed by atoms with Crippen LogP contribution in [-0.4, -0.2) is 41.6 Å². The molecule has 1 heterocycles. The SMILES string of the molecule is CCC1CN(C(=O)C2(C(N)=S)CCC2)CCO1. The van der Waals surface area contributed by atoms with E-state index < -0.39 is 5.41 Å². The van der Waals surface area contributed by atoms with Gasteiger partial charge in [-0.2, -0.15) is 0 Å². The van der Waals surface area contributed by atoms with Crippen LogP contribution in [0.3, 0.4) is 0 Å². The molecular weight excluding hydrogens is 236 g/mol. The molecule has 4 nitrogen and oxygen atoms in total.